The molecule has 0 aliphatic rings. The Labute approximate surface area is 583 Å². The Morgan fingerprint density at radius 2 is 0.758 bits per heavy atom. The summed E-state index contributed by atoms with van der Waals surface area (Å²) in [5, 5.41) is 63.8. The SMILES string of the molecule is C.CCC(=O)Cc1cc(CC(=O)CC)cc(C(=O)OC)c1.COC(=O)c1cc(CC(=O)CSCC(NC(=O)CCC(N)C(=O)O)C(=O)NCC(=O)O)cc(CC(=O)CSCC(NC(=O)CCC(N)C(=O)O)C(=O)NCC(=O)O)c1.NC(CCC(=O)CC(CS)C(=O)NCC(=O)O)C(=O)O. The number of nitrogens with one attached hydrogen (secondary N) is 5. The van der Waals surface area contributed by atoms with Crippen molar-refractivity contribution in [2.45, 2.75) is 135 Å². The average Bonchev–Trinajstić information content (AvgIpc) is 0.852. The third-order valence-corrected chi connectivity index (χ3v) is 15.7. The second kappa shape index (κ2) is 50.2. The zero-order chi connectivity index (χ0) is 74.8. The van der Waals surface area contributed by atoms with Gasteiger partial charge in [0.1, 0.15) is 78.8 Å². The topological polar surface area (TPSA) is 585 Å². The van der Waals surface area contributed by atoms with Gasteiger partial charge in [0, 0.05) is 81.5 Å². The maximum atomic E-state index is 13.0. The second-order valence-electron chi connectivity index (χ2n) is 21.3. The summed E-state index contributed by atoms with van der Waals surface area (Å²) in [6.07, 6.45) is -0.402. The lowest BCUT2D eigenvalue weighted by molar-refractivity contribution is -0.140. The van der Waals surface area contributed by atoms with Gasteiger partial charge in [-0.05, 0) is 65.8 Å². The van der Waals surface area contributed by atoms with Crippen molar-refractivity contribution in [1.82, 2.24) is 26.6 Å². The molecule has 0 aromatic heterocycles. The number of aliphatic carboxylic acids is 6. The lowest BCUT2D eigenvalue weighted by Crippen LogP contribution is -2.49. The number of thiol groups is 1. The van der Waals surface area contributed by atoms with Crippen LogP contribution in [-0.2, 0) is 112 Å². The van der Waals surface area contributed by atoms with E-state index in [2.05, 4.69) is 39.2 Å². The fourth-order valence-corrected chi connectivity index (χ4v) is 10.0. The second-order valence-corrected chi connectivity index (χ2v) is 23.7. The summed E-state index contributed by atoms with van der Waals surface area (Å²) in [4.78, 5) is 211. The van der Waals surface area contributed by atoms with Crippen molar-refractivity contribution in [2.24, 2.45) is 23.1 Å². The third kappa shape index (κ3) is 41.6. The van der Waals surface area contributed by atoms with Crippen molar-refractivity contribution in [1.29, 1.82) is 0 Å². The number of thioether (sulfide) groups is 2. The maximum Gasteiger partial charge on any atom is 0.337 e. The van der Waals surface area contributed by atoms with Gasteiger partial charge < -0.3 is 83.9 Å². The number of methoxy groups -OCH3 is 2. The Kier molecular flexibility index (Phi) is 46.6. The van der Waals surface area contributed by atoms with Crippen LogP contribution in [0.1, 0.15) is 122 Å². The normalized spacial score (nSPS) is 12.2. The molecule has 2 rings (SSSR count). The van der Waals surface area contributed by atoms with Gasteiger partial charge in [0.05, 0.1) is 42.8 Å². The lowest BCUT2D eigenvalue weighted by atomic mass is 9.98. The highest BCUT2D eigenvalue weighted by molar-refractivity contribution is 8.00. The fourth-order valence-electron chi connectivity index (χ4n) is 7.90. The molecule has 2 aromatic carbocycles. The van der Waals surface area contributed by atoms with Crippen LogP contribution in [0.25, 0.3) is 0 Å². The Bertz CT molecular complexity index is 3040. The first-order valence-corrected chi connectivity index (χ1v) is 32.7. The zero-order valence-corrected chi connectivity index (χ0v) is 56.6. The molecular formula is C62H88N8O26S3. The van der Waals surface area contributed by atoms with Crippen LogP contribution in [0, 0.1) is 5.92 Å². The number of hydrogen-bond acceptors (Lipinski definition) is 26. The number of ketones is 5. The average molecular weight is 1460 g/mol. The summed E-state index contributed by atoms with van der Waals surface area (Å²) in [5.74, 6) is -15.1. The van der Waals surface area contributed by atoms with Crippen molar-refractivity contribution in [2.75, 3.05) is 62.6 Å². The van der Waals surface area contributed by atoms with E-state index in [1.54, 1.807) is 26.0 Å². The van der Waals surface area contributed by atoms with Gasteiger partial charge in [-0.2, -0.15) is 36.2 Å². The molecule has 0 radical (unpaired) electrons. The van der Waals surface area contributed by atoms with Crippen molar-refractivity contribution in [3.05, 3.63) is 69.8 Å². The van der Waals surface area contributed by atoms with Crippen LogP contribution in [0.3, 0.4) is 0 Å². The van der Waals surface area contributed by atoms with Crippen LogP contribution in [0.15, 0.2) is 36.4 Å². The van der Waals surface area contributed by atoms with E-state index in [-0.39, 0.29) is 130 Å². The van der Waals surface area contributed by atoms with Gasteiger partial charge in [-0.25, -0.2) is 9.59 Å². The molecule has 6 unspecified atom stereocenters. The predicted octanol–water partition coefficient (Wildman–Crippen LogP) is -1.04. The number of Topliss-reactive ketones (excluding diaryl/α,β-unsaturated/α-hetero) is 5. The number of ether oxygens (including phenoxy) is 2. The number of benzene rings is 2. The van der Waals surface area contributed by atoms with Crippen molar-refractivity contribution in [3.63, 3.8) is 0 Å². The first-order chi connectivity index (χ1) is 46.0. The number of hydrogen-bond donors (Lipinski definition) is 15. The highest BCUT2D eigenvalue weighted by Gasteiger charge is 2.27. The van der Waals surface area contributed by atoms with Gasteiger partial charge in [-0.3, -0.25) is 76.7 Å². The fraction of sp³-hybridized carbons (Fsp3) is 0.516. The van der Waals surface area contributed by atoms with Gasteiger partial charge in [-0.15, -0.1) is 0 Å². The number of nitrogens with two attached hydrogens (primary N) is 3. The molecule has 17 N–H and O–H groups in total. The van der Waals surface area contributed by atoms with Crippen molar-refractivity contribution in [3.8, 4) is 0 Å². The number of carbonyl (C=O) groups is 18. The number of carbonyl (C=O) groups excluding carboxylic acids is 12. The summed E-state index contributed by atoms with van der Waals surface area (Å²) in [6.45, 7) is 1.57. The quantitative estimate of drug-likeness (QED) is 0.0278. The van der Waals surface area contributed by atoms with Crippen molar-refractivity contribution >= 4 is 142 Å². The highest BCUT2D eigenvalue weighted by Crippen LogP contribution is 2.19. The molecular weight excluding hydrogens is 1370 g/mol. The molecule has 0 fully saturated rings. The first kappa shape index (κ1) is 91.9. The minimum Gasteiger partial charge on any atom is -0.480 e. The monoisotopic (exact) mass is 1460 g/mol. The van der Waals surface area contributed by atoms with Gasteiger partial charge in [0.15, 0.2) is 0 Å². The van der Waals surface area contributed by atoms with Gasteiger partial charge in [0.25, 0.3) is 0 Å². The Morgan fingerprint density at radius 3 is 1.04 bits per heavy atom. The molecule has 99 heavy (non-hydrogen) atoms. The minimum atomic E-state index is -1.35. The van der Waals surface area contributed by atoms with Crippen LogP contribution >= 0.6 is 36.2 Å². The van der Waals surface area contributed by atoms with E-state index in [9.17, 15) is 86.3 Å². The van der Waals surface area contributed by atoms with E-state index in [0.29, 0.717) is 29.5 Å². The van der Waals surface area contributed by atoms with Crippen LogP contribution in [0.2, 0.25) is 0 Å². The Hall–Kier alpha value is -9.17. The summed E-state index contributed by atoms with van der Waals surface area (Å²) >= 11 is 5.79. The van der Waals surface area contributed by atoms with Crippen molar-refractivity contribution < 1.29 is 126 Å². The number of carboxylic acid groups (broad SMARTS) is 6. The van der Waals surface area contributed by atoms with E-state index in [0.717, 1.165) is 41.8 Å². The zero-order valence-electron chi connectivity index (χ0n) is 54.1. The van der Waals surface area contributed by atoms with Gasteiger partial charge >= 0.3 is 47.8 Å². The smallest absolute Gasteiger partial charge is 0.337 e. The molecule has 0 aliphatic heterocycles. The number of carboxylic acids is 6. The third-order valence-electron chi connectivity index (χ3n) is 13.1. The molecule has 0 spiro atoms. The standard InChI is InChI=1S/C34H46N6O16S2.C16H20O4.C11H18N2O6S.CH4/c1-56-34(55)19-7-17(9-20(41)13-57-15-24(30(49)37-11-28(45)46)39-26(43)4-2-22(35)32(51)52)6-18(8-19)10-21(42)14-58-16-25(31(50)38-12-29(47)48)40-27(44)5-3-23(36)33(53)54;1-4-14(17)9-11-6-12(10-15(18)5-2)8-13(7-11)16(19)20-3;12-8(11(18)19)2-1-7(14)3-6(5-20)10(17)13-4-9(15)16;/h6-8,22-25H,2-5,9-16,35-36H2,1H3,(H,37,49)(H,38,50)(H,39,43)(H,40,44)(H,45,46)(H,47,48)(H,51,52)(H,53,54);6-8H,4-5,9-10H2,1-3H3;6,8,20H,1-5,12H2,(H,13,17)(H,15,16)(H,18,19);1H4. The summed E-state index contributed by atoms with van der Waals surface area (Å²) in [6, 6.07) is 3.03. The maximum absolute atomic E-state index is 13.0. The highest BCUT2D eigenvalue weighted by atomic mass is 32.2. The molecule has 550 valence electrons. The van der Waals surface area contributed by atoms with Crippen LogP contribution in [0.5, 0.6) is 0 Å². The largest absolute Gasteiger partial charge is 0.480 e. The molecule has 0 saturated carbocycles. The molecule has 0 aliphatic carbocycles. The first-order valence-electron chi connectivity index (χ1n) is 29.8. The summed E-state index contributed by atoms with van der Waals surface area (Å²) in [5.41, 5.74) is 18.6. The summed E-state index contributed by atoms with van der Waals surface area (Å²) < 4.78 is 9.49. The van der Waals surface area contributed by atoms with Gasteiger partial charge in [0.2, 0.25) is 29.5 Å². The Balaban J connectivity index is 0. The number of rotatable bonds is 46. The lowest BCUT2D eigenvalue weighted by Gasteiger charge is -2.18. The van der Waals surface area contributed by atoms with E-state index in [1.807, 2.05) is 6.07 Å². The van der Waals surface area contributed by atoms with Crippen LogP contribution in [0.4, 0.5) is 0 Å². The molecule has 34 nitrogen and oxygen atoms in total. The molecule has 5 amide bonds. The van der Waals surface area contributed by atoms with E-state index >= 15 is 0 Å². The molecule has 2 aromatic rings. The van der Waals surface area contributed by atoms with Crippen LogP contribution < -0.4 is 43.8 Å². The Morgan fingerprint density at radius 1 is 0.455 bits per heavy atom. The summed E-state index contributed by atoms with van der Waals surface area (Å²) in [7, 11) is 2.44. The molecule has 37 heteroatoms. The van der Waals surface area contributed by atoms with E-state index in [1.165, 1.54) is 25.3 Å². The molecule has 0 saturated heterocycles. The number of esters is 2. The molecule has 0 heterocycles. The van der Waals surface area contributed by atoms with E-state index < -0.39 is 145 Å². The van der Waals surface area contributed by atoms with E-state index in [4.69, 9.17) is 57.3 Å². The van der Waals surface area contributed by atoms with Crippen LogP contribution in [-0.4, -0.2) is 230 Å². The molecule has 0 bridgehead atoms. The minimum absolute atomic E-state index is 0. The van der Waals surface area contributed by atoms with Gasteiger partial charge in [-0.1, -0.05) is 33.4 Å². The molecule has 6 atom stereocenters. The number of amides is 5. The predicted molar refractivity (Wildman–Crippen MR) is 360 cm³/mol.